The Hall–Kier alpha value is -4.43. The average Bonchev–Trinajstić information content (AvgIpc) is 3.58. The minimum absolute atomic E-state index is 0.650. The monoisotopic (exact) mass is 489 g/mol. The normalized spacial score (nSPS) is 12.4. The number of hydrogen-bond donors (Lipinski definition) is 1. The van der Waals surface area contributed by atoms with Gasteiger partial charge in [0, 0.05) is 11.6 Å². The Balaban J connectivity index is 0.000000313. The van der Waals surface area contributed by atoms with Crippen LogP contribution in [0.25, 0.3) is 16.5 Å². The number of nitrogens with zero attached hydrogens (tertiary/aromatic N) is 4. The molecular formula is C32H35N5. The summed E-state index contributed by atoms with van der Waals surface area (Å²) in [7, 11) is 0. The molecule has 2 aromatic carbocycles. The van der Waals surface area contributed by atoms with Crippen LogP contribution in [0, 0.1) is 18.3 Å². The Morgan fingerprint density at radius 3 is 2.54 bits per heavy atom. The lowest BCUT2D eigenvalue weighted by molar-refractivity contribution is 0.678. The maximum Gasteiger partial charge on any atom is 0.0991 e. The molecule has 0 aliphatic rings. The first kappa shape index (κ1) is 27.2. The topological polar surface area (TPSA) is 70.3 Å². The van der Waals surface area contributed by atoms with Gasteiger partial charge in [0.25, 0.3) is 0 Å². The third-order valence-corrected chi connectivity index (χ3v) is 6.46. The maximum atomic E-state index is 8.95. The van der Waals surface area contributed by atoms with Crippen LogP contribution in [0.4, 0.5) is 0 Å². The molecule has 1 N–H and O–H groups in total. The standard InChI is InChI=1S/C24H27N3.C8H8N2/c1-6-18(4)19(5)22(7-2)15-23(8-3)24-13-14-26-27(24)17-21-11-9-20(16-25)10-12-21;1-6-2-3-7-5-9-10-8(7)4-6/h6,8-15H,3,7,17H2,1-2,4-5H3;2-5H,1H3,(H,9,10)/b18-6+,22-19+,23-15+;. The van der Waals surface area contributed by atoms with Crippen LogP contribution in [-0.2, 0) is 6.54 Å². The summed E-state index contributed by atoms with van der Waals surface area (Å²) in [4.78, 5) is 0. The van der Waals surface area contributed by atoms with Gasteiger partial charge < -0.3 is 0 Å². The molecule has 0 radical (unpaired) electrons. The summed E-state index contributed by atoms with van der Waals surface area (Å²) < 4.78 is 1.97. The average molecular weight is 490 g/mol. The SMILES string of the molecule is C=C\C(=C/C(CC)=C(C)/C(C)=C/C)c1ccnn1Cc1ccc(C#N)cc1.Cc1ccc2cn[nH]c2c1. The van der Waals surface area contributed by atoms with Crippen LogP contribution in [0.3, 0.4) is 0 Å². The van der Waals surface area contributed by atoms with E-state index in [4.69, 9.17) is 5.26 Å². The molecule has 0 saturated heterocycles. The predicted octanol–water partition coefficient (Wildman–Crippen LogP) is 7.94. The minimum atomic E-state index is 0.650. The van der Waals surface area contributed by atoms with Gasteiger partial charge in [-0.05, 0) is 92.3 Å². The zero-order valence-electron chi connectivity index (χ0n) is 22.4. The number of allylic oxidation sites excluding steroid dienone is 7. The number of nitriles is 1. The van der Waals surface area contributed by atoms with Gasteiger partial charge in [0.15, 0.2) is 0 Å². The number of aromatic nitrogens is 4. The highest BCUT2D eigenvalue weighted by atomic mass is 15.3. The highest BCUT2D eigenvalue weighted by Gasteiger charge is 2.09. The maximum absolute atomic E-state index is 8.95. The summed E-state index contributed by atoms with van der Waals surface area (Å²) in [5.41, 5.74) is 10.1. The number of H-pyrrole nitrogens is 1. The molecule has 0 aliphatic carbocycles. The Bertz CT molecular complexity index is 1480. The van der Waals surface area contributed by atoms with Crippen LogP contribution in [0.5, 0.6) is 0 Å². The molecule has 0 fully saturated rings. The van der Waals surface area contributed by atoms with E-state index in [0.29, 0.717) is 12.1 Å². The van der Waals surface area contributed by atoms with Crippen LogP contribution in [0.1, 0.15) is 56.5 Å². The molecule has 4 rings (SSSR count). The molecule has 0 atom stereocenters. The Kier molecular flexibility index (Phi) is 9.57. The first-order chi connectivity index (χ1) is 17.9. The first-order valence-electron chi connectivity index (χ1n) is 12.5. The number of aromatic amines is 1. The fourth-order valence-corrected chi connectivity index (χ4v) is 3.98. The van der Waals surface area contributed by atoms with Crippen LogP contribution in [-0.4, -0.2) is 20.0 Å². The van der Waals surface area contributed by atoms with Crippen molar-refractivity contribution in [1.82, 2.24) is 20.0 Å². The number of fused-ring (bicyclic) bond motifs is 1. The van der Waals surface area contributed by atoms with Gasteiger partial charge in [-0.1, -0.05) is 55.5 Å². The van der Waals surface area contributed by atoms with Gasteiger partial charge in [0.2, 0.25) is 0 Å². The second-order valence-electron chi connectivity index (χ2n) is 8.92. The smallest absolute Gasteiger partial charge is 0.0991 e. The van der Waals surface area contributed by atoms with E-state index >= 15 is 0 Å². The summed E-state index contributed by atoms with van der Waals surface area (Å²) >= 11 is 0. The fraction of sp³-hybridized carbons (Fsp3) is 0.219. The Morgan fingerprint density at radius 2 is 1.89 bits per heavy atom. The van der Waals surface area contributed by atoms with Crippen molar-refractivity contribution in [3.63, 3.8) is 0 Å². The molecule has 5 heteroatoms. The van der Waals surface area contributed by atoms with E-state index < -0.39 is 0 Å². The van der Waals surface area contributed by atoms with Crippen LogP contribution >= 0.6 is 0 Å². The van der Waals surface area contributed by atoms with E-state index in [1.54, 1.807) is 0 Å². The van der Waals surface area contributed by atoms with Gasteiger partial charge in [-0.25, -0.2) is 0 Å². The third-order valence-electron chi connectivity index (χ3n) is 6.46. The molecule has 0 aliphatic heterocycles. The molecule has 0 bridgehead atoms. The van der Waals surface area contributed by atoms with Gasteiger partial charge in [-0.2, -0.15) is 15.5 Å². The van der Waals surface area contributed by atoms with Crippen molar-refractivity contribution in [3.05, 3.63) is 125 Å². The molecule has 0 spiro atoms. The lowest BCUT2D eigenvalue weighted by Gasteiger charge is -2.12. The van der Waals surface area contributed by atoms with E-state index in [1.165, 1.54) is 27.7 Å². The van der Waals surface area contributed by atoms with Crippen LogP contribution in [0.2, 0.25) is 0 Å². The summed E-state index contributed by atoms with van der Waals surface area (Å²) in [6.45, 7) is 15.3. The summed E-state index contributed by atoms with van der Waals surface area (Å²) in [6, 6.07) is 18.0. The highest BCUT2D eigenvalue weighted by Crippen LogP contribution is 2.24. The molecule has 0 unspecified atom stereocenters. The van der Waals surface area contributed by atoms with Gasteiger partial charge in [0.1, 0.15) is 0 Å². The van der Waals surface area contributed by atoms with Gasteiger partial charge in [0.05, 0.1) is 35.6 Å². The molecule has 0 amide bonds. The van der Waals surface area contributed by atoms with Gasteiger partial charge in [-0.3, -0.25) is 9.78 Å². The Morgan fingerprint density at radius 1 is 1.14 bits per heavy atom. The summed E-state index contributed by atoms with van der Waals surface area (Å²) in [5, 5.41) is 21.4. The zero-order valence-corrected chi connectivity index (χ0v) is 22.4. The second kappa shape index (κ2) is 13.0. The molecule has 5 nitrogen and oxygen atoms in total. The van der Waals surface area contributed by atoms with Crippen molar-refractivity contribution in [2.45, 2.75) is 47.6 Å². The molecule has 4 aromatic rings. The van der Waals surface area contributed by atoms with E-state index in [-0.39, 0.29) is 0 Å². The first-order valence-corrected chi connectivity index (χ1v) is 12.5. The minimum Gasteiger partial charge on any atom is -0.278 e. The van der Waals surface area contributed by atoms with Crippen molar-refractivity contribution < 1.29 is 0 Å². The second-order valence-corrected chi connectivity index (χ2v) is 8.92. The van der Waals surface area contributed by atoms with Crippen LogP contribution < -0.4 is 0 Å². The number of hydrogen-bond acceptors (Lipinski definition) is 3. The number of nitrogens with one attached hydrogen (secondary N) is 1. The largest absolute Gasteiger partial charge is 0.278 e. The van der Waals surface area contributed by atoms with Gasteiger partial charge >= 0.3 is 0 Å². The van der Waals surface area contributed by atoms with Gasteiger partial charge in [-0.15, -0.1) is 0 Å². The lowest BCUT2D eigenvalue weighted by atomic mass is 9.97. The predicted molar refractivity (Wildman–Crippen MR) is 154 cm³/mol. The van der Waals surface area contributed by atoms with Crippen molar-refractivity contribution >= 4 is 16.5 Å². The molecule has 0 saturated carbocycles. The van der Waals surface area contributed by atoms with Crippen molar-refractivity contribution in [2.75, 3.05) is 0 Å². The van der Waals surface area contributed by atoms with E-state index in [2.05, 4.69) is 92.9 Å². The van der Waals surface area contributed by atoms with E-state index in [0.717, 1.165) is 28.8 Å². The summed E-state index contributed by atoms with van der Waals surface area (Å²) in [6.07, 6.45) is 10.8. The van der Waals surface area contributed by atoms with E-state index in [1.807, 2.05) is 53.5 Å². The fourth-order valence-electron chi connectivity index (χ4n) is 3.98. The molecule has 188 valence electrons. The highest BCUT2D eigenvalue weighted by molar-refractivity contribution is 5.78. The van der Waals surface area contributed by atoms with Crippen molar-refractivity contribution in [1.29, 1.82) is 5.26 Å². The zero-order chi connectivity index (χ0) is 26.8. The Labute approximate surface area is 220 Å². The number of benzene rings is 2. The molecule has 37 heavy (non-hydrogen) atoms. The third kappa shape index (κ3) is 7.05. The molecule has 2 heterocycles. The quantitative estimate of drug-likeness (QED) is 0.268. The number of aryl methyl sites for hydroxylation is 1. The lowest BCUT2D eigenvalue weighted by Crippen LogP contribution is -2.05. The molecular weight excluding hydrogens is 454 g/mol. The molecule has 2 aromatic heterocycles. The van der Waals surface area contributed by atoms with Crippen LogP contribution in [0.15, 0.2) is 102 Å². The van der Waals surface area contributed by atoms with Crippen molar-refractivity contribution in [3.8, 4) is 6.07 Å². The number of rotatable bonds is 7. The summed E-state index contributed by atoms with van der Waals surface area (Å²) in [5.74, 6) is 0. The van der Waals surface area contributed by atoms with Crippen molar-refractivity contribution in [2.24, 2.45) is 0 Å². The van der Waals surface area contributed by atoms with E-state index in [9.17, 15) is 0 Å².